The van der Waals surface area contributed by atoms with Gasteiger partial charge < -0.3 is 5.32 Å². The average Bonchev–Trinajstić information content (AvgIpc) is 2.51. The zero-order chi connectivity index (χ0) is 5.82. The zero-order valence-electron chi connectivity index (χ0n) is 5.19. The van der Waals surface area contributed by atoms with Gasteiger partial charge in [-0.2, -0.15) is 0 Å². The van der Waals surface area contributed by atoms with Crippen LogP contribution in [0.1, 0.15) is 19.3 Å². The van der Waals surface area contributed by atoms with E-state index in [1.165, 1.54) is 25.8 Å². The molecule has 0 aromatic carbocycles. The van der Waals surface area contributed by atoms with Gasteiger partial charge in [0.05, 0.1) is 0 Å². The van der Waals surface area contributed by atoms with Gasteiger partial charge in [0.15, 0.2) is 0 Å². The Kier molecular flexibility index (Phi) is 2.10. The van der Waals surface area contributed by atoms with Gasteiger partial charge in [-0.05, 0) is 19.3 Å². The third-order valence-electron chi connectivity index (χ3n) is 1.45. The van der Waals surface area contributed by atoms with Crippen molar-refractivity contribution in [2.45, 2.75) is 25.3 Å². The largest absolute Gasteiger partial charge is 0.311 e. The van der Waals surface area contributed by atoms with Crippen LogP contribution >= 0.6 is 0 Å². The van der Waals surface area contributed by atoms with Gasteiger partial charge >= 0.3 is 0 Å². The van der Waals surface area contributed by atoms with Gasteiger partial charge in [-0.1, -0.05) is 6.08 Å². The SMILES string of the molecule is C=CCCCC1CN1. The number of nitrogens with one attached hydrogen (secondary N) is 1. The number of hydrogen-bond donors (Lipinski definition) is 1. The Bertz CT molecular complexity index is 74.5. The second-order valence-electron chi connectivity index (χ2n) is 2.32. The Balaban J connectivity index is 1.80. The van der Waals surface area contributed by atoms with Gasteiger partial charge in [-0.15, -0.1) is 6.58 Å². The van der Waals surface area contributed by atoms with Crippen LogP contribution in [-0.4, -0.2) is 12.6 Å². The van der Waals surface area contributed by atoms with Crippen molar-refractivity contribution in [3.8, 4) is 0 Å². The predicted octanol–water partition coefficient (Wildman–Crippen LogP) is 1.31. The van der Waals surface area contributed by atoms with E-state index in [0.717, 1.165) is 6.04 Å². The topological polar surface area (TPSA) is 21.9 Å². The molecule has 1 heteroatoms. The standard InChI is InChI=1S/C7H13N/c1-2-3-4-5-7-6-8-7/h2,7-8H,1,3-6H2. The van der Waals surface area contributed by atoms with Gasteiger partial charge in [-0.3, -0.25) is 0 Å². The molecule has 0 aromatic rings. The molecule has 1 saturated heterocycles. The summed E-state index contributed by atoms with van der Waals surface area (Å²) in [7, 11) is 0. The lowest BCUT2D eigenvalue weighted by Gasteiger charge is -1.89. The van der Waals surface area contributed by atoms with E-state index < -0.39 is 0 Å². The fraction of sp³-hybridized carbons (Fsp3) is 0.714. The molecule has 0 spiro atoms. The normalized spacial score (nSPS) is 25.2. The molecule has 1 N–H and O–H groups in total. The Hall–Kier alpha value is -0.300. The van der Waals surface area contributed by atoms with E-state index in [0.29, 0.717) is 0 Å². The molecular weight excluding hydrogens is 98.1 g/mol. The molecule has 8 heavy (non-hydrogen) atoms. The smallest absolute Gasteiger partial charge is 0.0193 e. The van der Waals surface area contributed by atoms with Gasteiger partial charge in [0, 0.05) is 12.6 Å². The van der Waals surface area contributed by atoms with Crippen molar-refractivity contribution in [1.82, 2.24) is 5.32 Å². The van der Waals surface area contributed by atoms with Crippen LogP contribution in [0, 0.1) is 0 Å². The number of allylic oxidation sites excluding steroid dienone is 1. The fourth-order valence-corrected chi connectivity index (χ4v) is 0.796. The third kappa shape index (κ3) is 2.12. The summed E-state index contributed by atoms with van der Waals surface area (Å²) in [6, 6.07) is 0.856. The molecule has 0 amide bonds. The molecule has 0 aromatic heterocycles. The van der Waals surface area contributed by atoms with E-state index in [-0.39, 0.29) is 0 Å². The molecule has 1 heterocycles. The van der Waals surface area contributed by atoms with Gasteiger partial charge in [0.2, 0.25) is 0 Å². The predicted molar refractivity (Wildman–Crippen MR) is 35.8 cm³/mol. The van der Waals surface area contributed by atoms with Crippen molar-refractivity contribution in [2.24, 2.45) is 0 Å². The van der Waals surface area contributed by atoms with Crippen LogP contribution in [0.2, 0.25) is 0 Å². The van der Waals surface area contributed by atoms with Crippen LogP contribution < -0.4 is 5.32 Å². The quantitative estimate of drug-likeness (QED) is 0.330. The molecule has 1 atom stereocenters. The maximum atomic E-state index is 3.66. The number of unbranched alkanes of at least 4 members (excludes halogenated alkanes) is 1. The lowest BCUT2D eigenvalue weighted by molar-refractivity contribution is 0.735. The highest BCUT2D eigenvalue weighted by molar-refractivity contribution is 4.83. The first-order chi connectivity index (χ1) is 3.93. The first-order valence-electron chi connectivity index (χ1n) is 3.28. The molecule has 1 nitrogen and oxygen atoms in total. The monoisotopic (exact) mass is 111 g/mol. The van der Waals surface area contributed by atoms with Crippen molar-refractivity contribution < 1.29 is 0 Å². The highest BCUT2D eigenvalue weighted by Gasteiger charge is 2.17. The average molecular weight is 111 g/mol. The molecular formula is C7H13N. The zero-order valence-corrected chi connectivity index (χ0v) is 5.19. The molecule has 0 aliphatic carbocycles. The highest BCUT2D eigenvalue weighted by Crippen LogP contribution is 2.07. The van der Waals surface area contributed by atoms with Crippen LogP contribution in [0.4, 0.5) is 0 Å². The lowest BCUT2D eigenvalue weighted by Crippen LogP contribution is -1.87. The van der Waals surface area contributed by atoms with E-state index in [1.807, 2.05) is 6.08 Å². The molecule has 1 unspecified atom stereocenters. The van der Waals surface area contributed by atoms with Crippen molar-refractivity contribution in [1.29, 1.82) is 0 Å². The minimum absolute atomic E-state index is 0.856. The van der Waals surface area contributed by atoms with Crippen LogP contribution in [0.5, 0.6) is 0 Å². The second-order valence-corrected chi connectivity index (χ2v) is 2.32. The molecule has 1 fully saturated rings. The van der Waals surface area contributed by atoms with Crippen molar-refractivity contribution >= 4 is 0 Å². The first kappa shape index (κ1) is 5.83. The van der Waals surface area contributed by atoms with E-state index in [9.17, 15) is 0 Å². The molecule has 1 aliphatic rings. The van der Waals surface area contributed by atoms with Crippen LogP contribution in [0.15, 0.2) is 12.7 Å². The lowest BCUT2D eigenvalue weighted by atomic mass is 10.2. The first-order valence-corrected chi connectivity index (χ1v) is 3.28. The molecule has 1 aliphatic heterocycles. The minimum Gasteiger partial charge on any atom is -0.311 e. The fourth-order valence-electron chi connectivity index (χ4n) is 0.796. The minimum atomic E-state index is 0.856. The number of rotatable bonds is 4. The maximum absolute atomic E-state index is 3.66. The summed E-state index contributed by atoms with van der Waals surface area (Å²) in [5.41, 5.74) is 0. The van der Waals surface area contributed by atoms with Crippen molar-refractivity contribution in [3.05, 3.63) is 12.7 Å². The van der Waals surface area contributed by atoms with Gasteiger partial charge in [0.25, 0.3) is 0 Å². The van der Waals surface area contributed by atoms with Gasteiger partial charge in [-0.25, -0.2) is 0 Å². The number of hydrogen-bond acceptors (Lipinski definition) is 1. The summed E-state index contributed by atoms with van der Waals surface area (Å²) in [4.78, 5) is 0. The van der Waals surface area contributed by atoms with E-state index in [1.54, 1.807) is 0 Å². The summed E-state index contributed by atoms with van der Waals surface area (Å²) >= 11 is 0. The van der Waals surface area contributed by atoms with Crippen LogP contribution in [0.3, 0.4) is 0 Å². The van der Waals surface area contributed by atoms with Gasteiger partial charge in [0.1, 0.15) is 0 Å². The second kappa shape index (κ2) is 2.88. The van der Waals surface area contributed by atoms with E-state index >= 15 is 0 Å². The molecule has 46 valence electrons. The molecule has 0 bridgehead atoms. The Labute approximate surface area is 50.8 Å². The summed E-state index contributed by atoms with van der Waals surface area (Å²) in [6.07, 6.45) is 5.81. The summed E-state index contributed by atoms with van der Waals surface area (Å²) in [6.45, 7) is 4.90. The Morgan fingerprint density at radius 2 is 2.50 bits per heavy atom. The molecule has 0 radical (unpaired) electrons. The third-order valence-corrected chi connectivity index (χ3v) is 1.45. The van der Waals surface area contributed by atoms with E-state index in [4.69, 9.17) is 0 Å². The van der Waals surface area contributed by atoms with Crippen molar-refractivity contribution in [2.75, 3.05) is 6.54 Å². The van der Waals surface area contributed by atoms with E-state index in [2.05, 4.69) is 11.9 Å². The van der Waals surface area contributed by atoms with Crippen LogP contribution in [-0.2, 0) is 0 Å². The van der Waals surface area contributed by atoms with Crippen LogP contribution in [0.25, 0.3) is 0 Å². The summed E-state index contributed by atoms with van der Waals surface area (Å²) in [5.74, 6) is 0. The molecule has 0 saturated carbocycles. The Morgan fingerprint density at radius 1 is 1.75 bits per heavy atom. The highest BCUT2D eigenvalue weighted by atomic mass is 15.1. The summed E-state index contributed by atoms with van der Waals surface area (Å²) < 4.78 is 0. The maximum Gasteiger partial charge on any atom is 0.0193 e. The van der Waals surface area contributed by atoms with Crippen molar-refractivity contribution in [3.63, 3.8) is 0 Å². The Morgan fingerprint density at radius 3 is 3.00 bits per heavy atom. The summed E-state index contributed by atoms with van der Waals surface area (Å²) in [5, 5.41) is 3.26. The molecule has 1 rings (SSSR count).